The van der Waals surface area contributed by atoms with E-state index >= 15 is 0 Å². The number of likely N-dealkylation sites (tertiary alicyclic amines) is 1. The molecule has 7 nitrogen and oxygen atoms in total. The van der Waals surface area contributed by atoms with Crippen molar-refractivity contribution in [1.29, 1.82) is 0 Å². The maximum Gasteiger partial charge on any atom is 0.222 e. The van der Waals surface area contributed by atoms with E-state index in [1.54, 1.807) is 7.11 Å². The van der Waals surface area contributed by atoms with E-state index in [1.165, 1.54) is 76.4 Å². The van der Waals surface area contributed by atoms with Gasteiger partial charge in [-0.25, -0.2) is 4.98 Å². The minimum atomic E-state index is 0.303. The Labute approximate surface area is 221 Å². The maximum atomic E-state index is 6.00. The average Bonchev–Trinajstić information content (AvgIpc) is 3.31. The predicted molar refractivity (Wildman–Crippen MR) is 152 cm³/mol. The van der Waals surface area contributed by atoms with Gasteiger partial charge in [0.25, 0.3) is 0 Å². The molecule has 37 heavy (non-hydrogen) atoms. The minimum absolute atomic E-state index is 0.303. The molecule has 2 aromatic heterocycles. The normalized spacial score (nSPS) is 17.9. The molecule has 0 amide bonds. The average molecular weight is 505 g/mol. The van der Waals surface area contributed by atoms with Gasteiger partial charge in [-0.05, 0) is 68.3 Å². The van der Waals surface area contributed by atoms with Crippen LogP contribution in [0, 0.1) is 5.41 Å². The number of anilines is 2. The Hall–Kier alpha value is -2.80. The first kappa shape index (κ1) is 25.8. The molecule has 1 saturated heterocycles. The van der Waals surface area contributed by atoms with Gasteiger partial charge in [-0.2, -0.15) is 4.98 Å². The molecule has 0 atom stereocenters. The molecular formula is C30H44N6O. The lowest BCUT2D eigenvalue weighted by Gasteiger charge is -2.44. The van der Waals surface area contributed by atoms with Crippen LogP contribution in [0.4, 0.5) is 11.8 Å². The number of hydrogen-bond acceptors (Lipinski definition) is 6. The van der Waals surface area contributed by atoms with Crippen molar-refractivity contribution in [2.24, 2.45) is 5.41 Å². The largest absolute Gasteiger partial charge is 0.496 e. The van der Waals surface area contributed by atoms with Gasteiger partial charge in [-0.1, -0.05) is 51.2 Å². The molecule has 2 aliphatic rings. The molecule has 1 spiro atoms. The summed E-state index contributed by atoms with van der Waals surface area (Å²) in [5.41, 5.74) is 11.0. The Bertz CT molecular complexity index is 1170. The molecule has 7 heteroatoms. The summed E-state index contributed by atoms with van der Waals surface area (Å²) >= 11 is 0. The topological polar surface area (TPSA) is 81.2 Å². The Morgan fingerprint density at radius 1 is 1.00 bits per heavy atom. The van der Waals surface area contributed by atoms with Crippen LogP contribution in [0.25, 0.3) is 11.0 Å². The van der Waals surface area contributed by atoms with Gasteiger partial charge >= 0.3 is 0 Å². The number of aromatic nitrogens is 3. The second-order valence-corrected chi connectivity index (χ2v) is 11.2. The summed E-state index contributed by atoms with van der Waals surface area (Å²) in [5.74, 6) is 2.05. The molecule has 3 aromatic rings. The molecule has 3 N–H and O–H groups in total. The highest BCUT2D eigenvalue weighted by Gasteiger charge is 2.35. The van der Waals surface area contributed by atoms with E-state index in [1.807, 2.05) is 6.07 Å². The molecule has 0 radical (unpaired) electrons. The van der Waals surface area contributed by atoms with Crippen molar-refractivity contribution in [2.45, 2.75) is 84.2 Å². The van der Waals surface area contributed by atoms with Gasteiger partial charge in [0.15, 0.2) is 5.82 Å². The molecule has 1 saturated carbocycles. The molecule has 0 unspecified atom stereocenters. The van der Waals surface area contributed by atoms with Crippen LogP contribution in [-0.2, 0) is 13.1 Å². The molecule has 0 bridgehead atoms. The van der Waals surface area contributed by atoms with Crippen LogP contribution in [0.2, 0.25) is 0 Å². The highest BCUT2D eigenvalue weighted by molar-refractivity contribution is 5.87. The number of piperidine rings is 1. The number of ether oxygens (including phenoxy) is 1. The van der Waals surface area contributed by atoms with Gasteiger partial charge in [0.2, 0.25) is 5.95 Å². The summed E-state index contributed by atoms with van der Waals surface area (Å²) < 4.78 is 8.07. The second-order valence-electron chi connectivity index (χ2n) is 11.2. The van der Waals surface area contributed by atoms with Crippen LogP contribution < -0.4 is 15.8 Å². The third-order valence-electron chi connectivity index (χ3n) is 8.63. The third-order valence-corrected chi connectivity index (χ3v) is 8.63. The Morgan fingerprint density at radius 3 is 2.57 bits per heavy atom. The predicted octanol–water partition coefficient (Wildman–Crippen LogP) is 6.22. The highest BCUT2D eigenvalue weighted by atomic mass is 16.5. The van der Waals surface area contributed by atoms with E-state index in [4.69, 9.17) is 10.5 Å². The maximum absolute atomic E-state index is 6.00. The number of fused-ring (bicyclic) bond motifs is 1. The fraction of sp³-hybridized carbons (Fsp3) is 0.600. The minimum Gasteiger partial charge on any atom is -0.496 e. The lowest BCUT2D eigenvalue weighted by Crippen LogP contribution is -2.40. The third kappa shape index (κ3) is 6.03. The van der Waals surface area contributed by atoms with Crippen LogP contribution in [0.15, 0.2) is 30.5 Å². The monoisotopic (exact) mass is 504 g/mol. The first-order chi connectivity index (χ1) is 18.1. The van der Waals surface area contributed by atoms with Crippen molar-refractivity contribution in [3.63, 3.8) is 0 Å². The van der Waals surface area contributed by atoms with Crippen LogP contribution in [0.5, 0.6) is 5.75 Å². The zero-order chi connectivity index (χ0) is 25.7. The van der Waals surface area contributed by atoms with Gasteiger partial charge in [-0.15, -0.1) is 0 Å². The Morgan fingerprint density at radius 2 is 1.81 bits per heavy atom. The molecule has 200 valence electrons. The number of hydrogen-bond donors (Lipinski definition) is 2. The standard InChI is InChI=1S/C30H44N6O/c1-3-4-8-16-32-28-27-25(33-29(31)34-28)11-17-36(27)22-24-10-9-23(20-26(24)37-2)21-35-18-14-30(15-19-35)12-6-5-7-13-30/h9-11,17,20H,3-8,12-16,18-19,21-22H2,1-2H3,(H3,31,32,33,34). The highest BCUT2D eigenvalue weighted by Crippen LogP contribution is 2.44. The quantitative estimate of drug-likeness (QED) is 0.319. The summed E-state index contributed by atoms with van der Waals surface area (Å²) in [7, 11) is 1.77. The lowest BCUT2D eigenvalue weighted by atomic mass is 9.68. The number of unbranched alkanes of at least 4 members (excludes halogenated alkanes) is 2. The van der Waals surface area contributed by atoms with E-state index in [2.05, 4.69) is 56.1 Å². The Kier molecular flexibility index (Phi) is 8.18. The van der Waals surface area contributed by atoms with Crippen LogP contribution in [0.3, 0.4) is 0 Å². The van der Waals surface area contributed by atoms with Gasteiger partial charge < -0.3 is 20.4 Å². The number of nitrogens with zero attached hydrogens (tertiary/aromatic N) is 4. The van der Waals surface area contributed by atoms with Crippen molar-refractivity contribution in [1.82, 2.24) is 19.4 Å². The molecule has 1 aromatic carbocycles. The SMILES string of the molecule is CCCCCNc1nc(N)nc2ccn(Cc3ccc(CN4CCC5(CCCCC5)CC4)cc3OC)c12. The van der Waals surface area contributed by atoms with Crippen LogP contribution >= 0.6 is 0 Å². The van der Waals surface area contributed by atoms with E-state index in [0.717, 1.165) is 47.7 Å². The van der Waals surface area contributed by atoms with E-state index in [-0.39, 0.29) is 0 Å². The number of nitrogens with one attached hydrogen (secondary N) is 1. The molecular weight excluding hydrogens is 460 g/mol. The smallest absolute Gasteiger partial charge is 0.222 e. The van der Waals surface area contributed by atoms with Gasteiger partial charge in [0, 0.05) is 24.8 Å². The number of nitrogens with two attached hydrogens (primary N) is 1. The number of nitrogen functional groups attached to an aromatic ring is 1. The molecule has 2 fully saturated rings. The zero-order valence-electron chi connectivity index (χ0n) is 22.8. The fourth-order valence-electron chi connectivity index (χ4n) is 6.41. The first-order valence-electron chi connectivity index (χ1n) is 14.3. The summed E-state index contributed by atoms with van der Waals surface area (Å²) in [5, 5.41) is 3.49. The van der Waals surface area contributed by atoms with Crippen LogP contribution in [0.1, 0.15) is 82.3 Å². The zero-order valence-corrected chi connectivity index (χ0v) is 22.8. The van der Waals surface area contributed by atoms with Gasteiger partial charge in [-0.3, -0.25) is 4.90 Å². The number of methoxy groups -OCH3 is 1. The molecule has 1 aliphatic heterocycles. The van der Waals surface area contributed by atoms with Gasteiger partial charge in [0.05, 0.1) is 19.2 Å². The first-order valence-corrected chi connectivity index (χ1v) is 14.3. The number of benzene rings is 1. The van der Waals surface area contributed by atoms with E-state index < -0.39 is 0 Å². The summed E-state index contributed by atoms with van der Waals surface area (Å²) in [4.78, 5) is 11.6. The molecule has 1 aliphatic carbocycles. The van der Waals surface area contributed by atoms with Crippen molar-refractivity contribution < 1.29 is 4.74 Å². The molecule has 5 rings (SSSR count). The molecule has 3 heterocycles. The summed E-state index contributed by atoms with van der Waals surface area (Å²) in [6.45, 7) is 7.21. The van der Waals surface area contributed by atoms with Gasteiger partial charge in [0.1, 0.15) is 11.3 Å². The van der Waals surface area contributed by atoms with E-state index in [9.17, 15) is 0 Å². The number of rotatable bonds is 10. The van der Waals surface area contributed by atoms with Crippen molar-refractivity contribution in [2.75, 3.05) is 37.8 Å². The Balaban J connectivity index is 1.28. The van der Waals surface area contributed by atoms with Crippen molar-refractivity contribution >= 4 is 22.8 Å². The van der Waals surface area contributed by atoms with Crippen LogP contribution in [-0.4, -0.2) is 46.2 Å². The summed E-state index contributed by atoms with van der Waals surface area (Å²) in [6, 6.07) is 8.73. The second kappa shape index (κ2) is 11.7. The van der Waals surface area contributed by atoms with E-state index in [0.29, 0.717) is 17.9 Å². The lowest BCUT2D eigenvalue weighted by molar-refractivity contribution is 0.0641. The van der Waals surface area contributed by atoms with Crippen molar-refractivity contribution in [3.8, 4) is 5.75 Å². The summed E-state index contributed by atoms with van der Waals surface area (Å²) in [6.07, 6.45) is 15.5. The van der Waals surface area contributed by atoms with Crippen molar-refractivity contribution in [3.05, 3.63) is 41.6 Å². The fourth-order valence-corrected chi connectivity index (χ4v) is 6.41.